The summed E-state index contributed by atoms with van der Waals surface area (Å²) >= 11 is 0. The predicted octanol–water partition coefficient (Wildman–Crippen LogP) is 2.27. The molecule has 0 aliphatic heterocycles. The molecule has 0 aromatic heterocycles. The minimum Gasteiger partial charge on any atom is -0.494 e. The number of rotatable bonds is 10. The highest BCUT2D eigenvalue weighted by atomic mass is 32.2. The van der Waals surface area contributed by atoms with E-state index in [2.05, 4.69) is 10.0 Å². The molecular formula is C15H26N2O3S. The van der Waals surface area contributed by atoms with Gasteiger partial charge in [-0.15, -0.1) is 0 Å². The minimum atomic E-state index is -3.45. The molecule has 0 saturated heterocycles. The van der Waals surface area contributed by atoms with Crippen LogP contribution in [0.2, 0.25) is 0 Å². The summed E-state index contributed by atoms with van der Waals surface area (Å²) < 4.78 is 32.6. The van der Waals surface area contributed by atoms with E-state index < -0.39 is 10.0 Å². The molecule has 0 fully saturated rings. The van der Waals surface area contributed by atoms with Crippen molar-refractivity contribution in [3.63, 3.8) is 0 Å². The summed E-state index contributed by atoms with van der Waals surface area (Å²) in [4.78, 5) is 0.287. The van der Waals surface area contributed by atoms with E-state index >= 15 is 0 Å². The minimum absolute atomic E-state index is 0.287. The second kappa shape index (κ2) is 9.02. The third kappa shape index (κ3) is 5.65. The average molecular weight is 314 g/mol. The fraction of sp³-hybridized carbons (Fsp3) is 0.600. The molecule has 0 radical (unpaired) electrons. The molecule has 0 spiro atoms. The largest absolute Gasteiger partial charge is 0.494 e. The maximum atomic E-state index is 12.2. The molecule has 1 aromatic rings. The van der Waals surface area contributed by atoms with Crippen molar-refractivity contribution in [2.75, 3.05) is 19.7 Å². The van der Waals surface area contributed by atoms with Gasteiger partial charge in [0.25, 0.3) is 0 Å². The maximum absolute atomic E-state index is 12.2. The Morgan fingerprint density at radius 3 is 2.57 bits per heavy atom. The number of sulfonamides is 1. The van der Waals surface area contributed by atoms with Crippen molar-refractivity contribution < 1.29 is 13.2 Å². The van der Waals surface area contributed by atoms with E-state index in [1.807, 2.05) is 20.8 Å². The Labute approximate surface area is 128 Å². The highest BCUT2D eigenvalue weighted by Crippen LogP contribution is 2.22. The van der Waals surface area contributed by atoms with E-state index in [9.17, 15) is 8.42 Å². The zero-order valence-corrected chi connectivity index (χ0v) is 13.9. The third-order valence-electron chi connectivity index (χ3n) is 3.03. The second-order valence-corrected chi connectivity index (χ2v) is 6.50. The summed E-state index contributed by atoms with van der Waals surface area (Å²) in [7, 11) is -3.45. The van der Waals surface area contributed by atoms with E-state index in [1.165, 1.54) is 0 Å². The number of benzene rings is 1. The van der Waals surface area contributed by atoms with Crippen molar-refractivity contribution in [2.24, 2.45) is 0 Å². The third-order valence-corrected chi connectivity index (χ3v) is 4.49. The molecule has 6 heteroatoms. The first kappa shape index (κ1) is 17.9. The zero-order chi connectivity index (χ0) is 15.7. The van der Waals surface area contributed by atoms with Crippen LogP contribution in [0.3, 0.4) is 0 Å². The molecule has 0 aliphatic carbocycles. The molecule has 0 aliphatic rings. The zero-order valence-electron chi connectivity index (χ0n) is 13.1. The summed E-state index contributed by atoms with van der Waals surface area (Å²) in [5.74, 6) is 0.728. The van der Waals surface area contributed by atoms with Gasteiger partial charge in [-0.1, -0.05) is 20.3 Å². The van der Waals surface area contributed by atoms with Gasteiger partial charge < -0.3 is 10.1 Å². The summed E-state index contributed by atoms with van der Waals surface area (Å²) in [6.45, 7) is 8.37. The van der Waals surface area contributed by atoms with Crippen molar-refractivity contribution in [2.45, 2.75) is 45.1 Å². The van der Waals surface area contributed by atoms with E-state index in [0.717, 1.165) is 30.7 Å². The molecule has 0 bridgehead atoms. The van der Waals surface area contributed by atoms with Gasteiger partial charge in [-0.25, -0.2) is 13.1 Å². The molecule has 1 aromatic carbocycles. The van der Waals surface area contributed by atoms with Crippen LogP contribution in [0.5, 0.6) is 5.75 Å². The Balaban J connectivity index is 2.97. The molecule has 0 saturated carbocycles. The molecule has 0 amide bonds. The second-order valence-electron chi connectivity index (χ2n) is 4.73. The van der Waals surface area contributed by atoms with Crippen LogP contribution in [-0.2, 0) is 16.6 Å². The highest BCUT2D eigenvalue weighted by molar-refractivity contribution is 7.89. The van der Waals surface area contributed by atoms with Gasteiger partial charge in [0.15, 0.2) is 0 Å². The van der Waals surface area contributed by atoms with Gasteiger partial charge in [0.2, 0.25) is 10.0 Å². The fourth-order valence-corrected chi connectivity index (χ4v) is 3.01. The topological polar surface area (TPSA) is 67.4 Å². The van der Waals surface area contributed by atoms with Crippen molar-refractivity contribution in [1.82, 2.24) is 10.0 Å². The number of unbranched alkanes of at least 4 members (excludes halogenated alkanes) is 1. The van der Waals surface area contributed by atoms with Gasteiger partial charge in [-0.05, 0) is 38.1 Å². The Kier molecular flexibility index (Phi) is 7.71. The van der Waals surface area contributed by atoms with E-state index in [0.29, 0.717) is 19.7 Å². The summed E-state index contributed by atoms with van der Waals surface area (Å²) in [6.07, 6.45) is 1.79. The molecular weight excluding hydrogens is 288 g/mol. The summed E-state index contributed by atoms with van der Waals surface area (Å²) in [5, 5.41) is 3.20. The lowest BCUT2D eigenvalue weighted by Crippen LogP contribution is -2.25. The van der Waals surface area contributed by atoms with E-state index in [-0.39, 0.29) is 4.90 Å². The molecule has 5 nitrogen and oxygen atoms in total. The van der Waals surface area contributed by atoms with Crippen molar-refractivity contribution in [1.29, 1.82) is 0 Å². The highest BCUT2D eigenvalue weighted by Gasteiger charge is 2.15. The summed E-state index contributed by atoms with van der Waals surface area (Å²) in [5.41, 5.74) is 0.858. The number of nitrogens with one attached hydrogen (secondary N) is 2. The average Bonchev–Trinajstić information content (AvgIpc) is 2.46. The van der Waals surface area contributed by atoms with Crippen LogP contribution in [0, 0.1) is 0 Å². The van der Waals surface area contributed by atoms with Gasteiger partial charge in [0.1, 0.15) is 5.75 Å². The number of hydrogen-bond acceptors (Lipinski definition) is 4. The van der Waals surface area contributed by atoms with Crippen LogP contribution in [0.1, 0.15) is 39.2 Å². The van der Waals surface area contributed by atoms with Crippen LogP contribution >= 0.6 is 0 Å². The van der Waals surface area contributed by atoms with Crippen molar-refractivity contribution in [3.05, 3.63) is 23.8 Å². The first-order valence-electron chi connectivity index (χ1n) is 7.51. The number of ether oxygens (including phenoxy) is 1. The van der Waals surface area contributed by atoms with Crippen LogP contribution in [0.25, 0.3) is 0 Å². The molecule has 21 heavy (non-hydrogen) atoms. The molecule has 2 N–H and O–H groups in total. The Morgan fingerprint density at radius 2 is 1.95 bits per heavy atom. The first-order chi connectivity index (χ1) is 10.0. The Hall–Kier alpha value is -1.11. The molecule has 1 rings (SSSR count). The first-order valence-corrected chi connectivity index (χ1v) is 8.99. The normalized spacial score (nSPS) is 11.6. The standard InChI is InChI=1S/C15H26N2O3S/c1-4-7-10-17-21(18,19)14-8-9-15(20-6-3)13(11-14)12-16-5-2/h8-9,11,16-17H,4-7,10,12H2,1-3H3. The van der Waals surface area contributed by atoms with Gasteiger partial charge in [0.05, 0.1) is 11.5 Å². The van der Waals surface area contributed by atoms with Crippen molar-refractivity contribution >= 4 is 10.0 Å². The van der Waals surface area contributed by atoms with Crippen LogP contribution in [-0.4, -0.2) is 28.1 Å². The van der Waals surface area contributed by atoms with Gasteiger partial charge in [-0.3, -0.25) is 0 Å². The van der Waals surface area contributed by atoms with Gasteiger partial charge in [0, 0.05) is 18.7 Å². The van der Waals surface area contributed by atoms with Gasteiger partial charge in [-0.2, -0.15) is 0 Å². The van der Waals surface area contributed by atoms with Crippen LogP contribution < -0.4 is 14.8 Å². The predicted molar refractivity (Wildman–Crippen MR) is 85.1 cm³/mol. The lowest BCUT2D eigenvalue weighted by molar-refractivity contribution is 0.335. The molecule has 0 atom stereocenters. The smallest absolute Gasteiger partial charge is 0.240 e. The SMILES string of the molecule is CCCCNS(=O)(=O)c1ccc(OCC)c(CNCC)c1. The lowest BCUT2D eigenvalue weighted by atomic mass is 10.2. The van der Waals surface area contributed by atoms with Crippen LogP contribution in [0.15, 0.2) is 23.1 Å². The maximum Gasteiger partial charge on any atom is 0.240 e. The van der Waals surface area contributed by atoms with Gasteiger partial charge >= 0.3 is 0 Å². The van der Waals surface area contributed by atoms with E-state index in [1.54, 1.807) is 18.2 Å². The summed E-state index contributed by atoms with van der Waals surface area (Å²) in [6, 6.07) is 5.00. The molecule has 120 valence electrons. The monoisotopic (exact) mass is 314 g/mol. The quantitative estimate of drug-likeness (QED) is 0.650. The molecule has 0 heterocycles. The molecule has 0 unspecified atom stereocenters. The fourth-order valence-electron chi connectivity index (χ4n) is 1.88. The Morgan fingerprint density at radius 1 is 1.19 bits per heavy atom. The van der Waals surface area contributed by atoms with E-state index in [4.69, 9.17) is 4.74 Å². The number of hydrogen-bond donors (Lipinski definition) is 2. The van der Waals surface area contributed by atoms with Crippen molar-refractivity contribution in [3.8, 4) is 5.75 Å². The van der Waals surface area contributed by atoms with Crippen LogP contribution in [0.4, 0.5) is 0 Å². The lowest BCUT2D eigenvalue weighted by Gasteiger charge is -2.13. The Bertz CT molecular complexity index is 530.